The predicted octanol–water partition coefficient (Wildman–Crippen LogP) is 0.852. The lowest BCUT2D eigenvalue weighted by atomic mass is 10.0. The Kier molecular flexibility index (Phi) is 6.11. The van der Waals surface area contributed by atoms with E-state index in [-0.39, 0.29) is 16.9 Å². The average Bonchev–Trinajstić information content (AvgIpc) is 3.03. The number of carbonyl (C=O) groups is 1. The molecule has 2 aromatic rings. The number of benzene rings is 1. The molecule has 0 aliphatic carbocycles. The van der Waals surface area contributed by atoms with Gasteiger partial charge in [0.1, 0.15) is 11.7 Å². The number of nitrogens with zero attached hydrogens (tertiary/aromatic N) is 3. The maximum atomic E-state index is 11.3. The molecule has 1 aromatic heterocycles. The average molecular weight is 381 g/mol. The van der Waals surface area contributed by atoms with Gasteiger partial charge in [0.05, 0.1) is 17.1 Å². The molecule has 2 rings (SSSR count). The molecule has 26 heavy (non-hydrogen) atoms. The van der Waals surface area contributed by atoms with Gasteiger partial charge < -0.3 is 10.4 Å². The minimum Gasteiger partial charge on any atom is -0.480 e. The fourth-order valence-electron chi connectivity index (χ4n) is 2.41. The van der Waals surface area contributed by atoms with Gasteiger partial charge in [0.25, 0.3) is 0 Å². The molecule has 4 N–H and O–H groups in total. The van der Waals surface area contributed by atoms with Gasteiger partial charge in [-0.25, -0.2) is 18.2 Å². The summed E-state index contributed by atoms with van der Waals surface area (Å²) in [6, 6.07) is 5.32. The SMILES string of the molecule is CC(NC[C@@H](C(C)C)n1cc(-c2ccc(S(N)(=O)=O)cc2)nn1)C(=O)O. The molecule has 2 atom stereocenters. The smallest absolute Gasteiger partial charge is 0.320 e. The Hall–Kier alpha value is -2.30. The first kappa shape index (κ1) is 20.0. The molecule has 0 aliphatic rings. The van der Waals surface area contributed by atoms with Crippen molar-refractivity contribution in [2.45, 2.75) is 37.8 Å². The zero-order chi connectivity index (χ0) is 19.5. The highest BCUT2D eigenvalue weighted by atomic mass is 32.2. The minimum atomic E-state index is -3.74. The van der Waals surface area contributed by atoms with Crippen LogP contribution in [-0.4, -0.2) is 47.1 Å². The summed E-state index contributed by atoms with van der Waals surface area (Å²) in [5.74, 6) is -0.718. The number of aromatic nitrogens is 3. The number of nitrogens with two attached hydrogens (primary N) is 1. The van der Waals surface area contributed by atoms with Crippen LogP contribution in [-0.2, 0) is 14.8 Å². The van der Waals surface area contributed by atoms with E-state index < -0.39 is 22.0 Å². The summed E-state index contributed by atoms with van der Waals surface area (Å²) in [7, 11) is -3.74. The zero-order valence-corrected chi connectivity index (χ0v) is 15.6. The molecule has 0 bridgehead atoms. The number of nitrogens with one attached hydrogen (secondary N) is 1. The van der Waals surface area contributed by atoms with E-state index in [1.165, 1.54) is 12.1 Å². The molecule has 9 nitrogen and oxygen atoms in total. The van der Waals surface area contributed by atoms with E-state index in [0.717, 1.165) is 0 Å². The van der Waals surface area contributed by atoms with Crippen molar-refractivity contribution in [2.75, 3.05) is 6.54 Å². The highest BCUT2D eigenvalue weighted by Gasteiger charge is 2.20. The number of aliphatic carboxylic acids is 1. The van der Waals surface area contributed by atoms with Crippen LogP contribution in [0, 0.1) is 5.92 Å². The third-order valence-corrected chi connectivity index (χ3v) is 5.03. The van der Waals surface area contributed by atoms with Gasteiger partial charge in [-0.3, -0.25) is 4.79 Å². The van der Waals surface area contributed by atoms with Crippen LogP contribution >= 0.6 is 0 Å². The highest BCUT2D eigenvalue weighted by Crippen LogP contribution is 2.22. The predicted molar refractivity (Wildman–Crippen MR) is 95.8 cm³/mol. The summed E-state index contributed by atoms with van der Waals surface area (Å²) in [6.45, 7) is 6.04. The number of carboxylic acid groups (broad SMARTS) is 1. The summed E-state index contributed by atoms with van der Waals surface area (Å²) in [4.78, 5) is 11.0. The second kappa shape index (κ2) is 7.94. The van der Waals surface area contributed by atoms with Crippen LogP contribution in [0.5, 0.6) is 0 Å². The van der Waals surface area contributed by atoms with Crippen molar-refractivity contribution >= 4 is 16.0 Å². The van der Waals surface area contributed by atoms with Crippen LogP contribution in [0.2, 0.25) is 0 Å². The van der Waals surface area contributed by atoms with Crippen LogP contribution in [0.3, 0.4) is 0 Å². The van der Waals surface area contributed by atoms with E-state index in [0.29, 0.717) is 17.8 Å². The summed E-state index contributed by atoms with van der Waals surface area (Å²) in [5.41, 5.74) is 1.29. The number of hydrogen-bond acceptors (Lipinski definition) is 6. The Balaban J connectivity index is 2.19. The molecular weight excluding hydrogens is 358 g/mol. The molecule has 0 radical (unpaired) electrons. The third-order valence-electron chi connectivity index (χ3n) is 4.10. The van der Waals surface area contributed by atoms with E-state index in [4.69, 9.17) is 10.2 Å². The van der Waals surface area contributed by atoms with Crippen LogP contribution in [0.1, 0.15) is 26.8 Å². The van der Waals surface area contributed by atoms with Crippen LogP contribution in [0.4, 0.5) is 0 Å². The zero-order valence-electron chi connectivity index (χ0n) is 14.8. The maximum Gasteiger partial charge on any atom is 0.320 e. The first-order valence-electron chi connectivity index (χ1n) is 8.11. The summed E-state index contributed by atoms with van der Waals surface area (Å²) < 4.78 is 24.3. The van der Waals surface area contributed by atoms with Crippen molar-refractivity contribution < 1.29 is 18.3 Å². The van der Waals surface area contributed by atoms with E-state index in [9.17, 15) is 13.2 Å². The van der Waals surface area contributed by atoms with Gasteiger partial charge in [0.2, 0.25) is 10.0 Å². The fraction of sp³-hybridized carbons (Fsp3) is 0.438. The van der Waals surface area contributed by atoms with Gasteiger partial charge in [-0.15, -0.1) is 5.10 Å². The normalized spacial score (nSPS) is 14.3. The Bertz CT molecular complexity index is 861. The summed E-state index contributed by atoms with van der Waals surface area (Å²) in [6.07, 6.45) is 1.75. The number of hydrogen-bond donors (Lipinski definition) is 3. The standard InChI is InChI=1S/C16H23N5O4S/c1-10(2)15(8-18-11(3)16(22)23)21-9-14(19-20-21)12-4-6-13(7-5-12)26(17,24)25/h4-7,9-11,15,18H,8H2,1-3H3,(H,22,23)(H2,17,24,25)/t11?,15-/m0/s1. The molecule has 0 fully saturated rings. The Labute approximate surface area is 152 Å². The topological polar surface area (TPSA) is 140 Å². The highest BCUT2D eigenvalue weighted by molar-refractivity contribution is 7.89. The Morgan fingerprint density at radius 3 is 2.38 bits per heavy atom. The van der Waals surface area contributed by atoms with Crippen molar-refractivity contribution in [3.63, 3.8) is 0 Å². The molecule has 0 amide bonds. The van der Waals surface area contributed by atoms with Crippen molar-refractivity contribution in [1.29, 1.82) is 0 Å². The van der Waals surface area contributed by atoms with Gasteiger partial charge in [-0.2, -0.15) is 0 Å². The van der Waals surface area contributed by atoms with Gasteiger partial charge in [0.15, 0.2) is 0 Å². The lowest BCUT2D eigenvalue weighted by Gasteiger charge is -2.22. The Morgan fingerprint density at radius 1 is 1.27 bits per heavy atom. The lowest BCUT2D eigenvalue weighted by molar-refractivity contribution is -0.139. The van der Waals surface area contributed by atoms with E-state index in [1.54, 1.807) is 29.9 Å². The van der Waals surface area contributed by atoms with Gasteiger partial charge >= 0.3 is 5.97 Å². The van der Waals surface area contributed by atoms with Crippen molar-refractivity contribution in [1.82, 2.24) is 20.3 Å². The van der Waals surface area contributed by atoms with Crippen LogP contribution < -0.4 is 10.5 Å². The molecule has 142 valence electrons. The third kappa shape index (κ3) is 4.87. The first-order chi connectivity index (χ1) is 12.1. The Morgan fingerprint density at radius 2 is 1.88 bits per heavy atom. The minimum absolute atomic E-state index is 0.0283. The quantitative estimate of drug-likeness (QED) is 0.616. The number of primary sulfonamides is 1. The molecule has 0 spiro atoms. The van der Waals surface area contributed by atoms with Gasteiger partial charge in [-0.1, -0.05) is 31.2 Å². The number of rotatable bonds is 8. The molecule has 1 heterocycles. The number of carboxylic acids is 1. The molecular formula is C16H23N5O4S. The van der Waals surface area contributed by atoms with Crippen LogP contribution in [0.15, 0.2) is 35.4 Å². The molecule has 1 unspecified atom stereocenters. The van der Waals surface area contributed by atoms with Crippen molar-refractivity contribution in [3.05, 3.63) is 30.5 Å². The second-order valence-corrected chi connectivity index (χ2v) is 7.99. The van der Waals surface area contributed by atoms with E-state index in [2.05, 4.69) is 15.6 Å². The maximum absolute atomic E-state index is 11.3. The van der Waals surface area contributed by atoms with E-state index >= 15 is 0 Å². The molecule has 10 heteroatoms. The molecule has 0 aliphatic heterocycles. The van der Waals surface area contributed by atoms with E-state index in [1.807, 2.05) is 13.8 Å². The van der Waals surface area contributed by atoms with Crippen molar-refractivity contribution in [3.8, 4) is 11.3 Å². The lowest BCUT2D eigenvalue weighted by Crippen LogP contribution is -2.39. The monoisotopic (exact) mass is 381 g/mol. The summed E-state index contributed by atoms with van der Waals surface area (Å²) in [5, 5.41) is 25.3. The van der Waals surface area contributed by atoms with Crippen LogP contribution in [0.25, 0.3) is 11.3 Å². The molecule has 0 saturated heterocycles. The fourth-order valence-corrected chi connectivity index (χ4v) is 2.92. The summed E-state index contributed by atoms with van der Waals surface area (Å²) >= 11 is 0. The second-order valence-electron chi connectivity index (χ2n) is 6.43. The molecule has 0 saturated carbocycles. The molecule has 1 aromatic carbocycles. The first-order valence-corrected chi connectivity index (χ1v) is 9.65. The van der Waals surface area contributed by atoms with Gasteiger partial charge in [-0.05, 0) is 25.0 Å². The largest absolute Gasteiger partial charge is 0.480 e. The number of sulfonamides is 1. The van der Waals surface area contributed by atoms with Crippen molar-refractivity contribution in [2.24, 2.45) is 11.1 Å². The van der Waals surface area contributed by atoms with Gasteiger partial charge in [0, 0.05) is 12.1 Å².